The zero-order valence-electron chi connectivity index (χ0n) is 8.35. The van der Waals surface area contributed by atoms with E-state index in [1.807, 2.05) is 19.9 Å². The molecule has 0 heterocycles. The van der Waals surface area contributed by atoms with Crippen LogP contribution in [-0.2, 0) is 0 Å². The van der Waals surface area contributed by atoms with Crippen LogP contribution in [0.1, 0.15) is 18.1 Å². The summed E-state index contributed by atoms with van der Waals surface area (Å²) in [5.74, 6) is 0.997. The molecule has 1 aromatic carbocycles. The fourth-order valence-corrected chi connectivity index (χ4v) is 2.20. The van der Waals surface area contributed by atoms with Crippen LogP contribution in [0.2, 0.25) is 0 Å². The maximum absolute atomic E-state index is 5.94. The van der Waals surface area contributed by atoms with Crippen LogP contribution in [0.5, 0.6) is 0 Å². The normalized spacial score (nSPS) is 10.4. The lowest BCUT2D eigenvalue weighted by molar-refractivity contribution is 1.30. The van der Waals surface area contributed by atoms with Gasteiger partial charge in [0.2, 0.25) is 0 Å². The number of thioether (sulfide) groups is 1. The van der Waals surface area contributed by atoms with Crippen LogP contribution in [0.25, 0.3) is 0 Å². The average molecular weight is 196 g/mol. The Balaban J connectivity index is 3.28. The summed E-state index contributed by atoms with van der Waals surface area (Å²) >= 11 is 1.71. The Labute approximate surface area is 83.7 Å². The van der Waals surface area contributed by atoms with Crippen molar-refractivity contribution in [1.82, 2.24) is 0 Å². The van der Waals surface area contributed by atoms with Crippen molar-refractivity contribution in [1.29, 1.82) is 0 Å². The summed E-state index contributed by atoms with van der Waals surface area (Å²) < 4.78 is 0. The van der Waals surface area contributed by atoms with E-state index < -0.39 is 0 Å². The van der Waals surface area contributed by atoms with Crippen LogP contribution in [0.4, 0.5) is 11.4 Å². The summed E-state index contributed by atoms with van der Waals surface area (Å²) in [4.78, 5) is 1.04. The monoisotopic (exact) mass is 196 g/mol. The van der Waals surface area contributed by atoms with Crippen molar-refractivity contribution in [2.45, 2.75) is 25.7 Å². The van der Waals surface area contributed by atoms with E-state index in [4.69, 9.17) is 11.5 Å². The number of hydrogen-bond donors (Lipinski definition) is 2. The van der Waals surface area contributed by atoms with Crippen molar-refractivity contribution in [3.05, 3.63) is 17.2 Å². The largest absolute Gasteiger partial charge is 0.398 e. The van der Waals surface area contributed by atoms with Crippen molar-refractivity contribution in [3.8, 4) is 0 Å². The van der Waals surface area contributed by atoms with Crippen molar-refractivity contribution < 1.29 is 0 Å². The molecule has 2 nitrogen and oxygen atoms in total. The first-order valence-electron chi connectivity index (χ1n) is 4.35. The molecule has 0 fully saturated rings. The minimum atomic E-state index is 0.829. The molecule has 0 saturated heterocycles. The molecule has 0 aliphatic heterocycles. The molecule has 3 heteroatoms. The van der Waals surface area contributed by atoms with Gasteiger partial charge in [-0.05, 0) is 30.7 Å². The highest BCUT2D eigenvalue weighted by molar-refractivity contribution is 7.99. The van der Waals surface area contributed by atoms with Gasteiger partial charge in [0.1, 0.15) is 0 Å². The Kier molecular flexibility index (Phi) is 3.09. The third-order valence-electron chi connectivity index (χ3n) is 2.06. The molecule has 0 aliphatic carbocycles. The SMILES string of the molecule is CCSc1c(N)c(C)cc(C)c1N. The molecular weight excluding hydrogens is 180 g/mol. The highest BCUT2D eigenvalue weighted by Gasteiger charge is 2.08. The fourth-order valence-electron chi connectivity index (χ4n) is 1.28. The van der Waals surface area contributed by atoms with Crippen molar-refractivity contribution in [3.63, 3.8) is 0 Å². The first kappa shape index (κ1) is 10.3. The van der Waals surface area contributed by atoms with Crippen molar-refractivity contribution in [2.24, 2.45) is 0 Å². The number of benzene rings is 1. The molecule has 0 bridgehead atoms. The van der Waals surface area contributed by atoms with Gasteiger partial charge in [0.05, 0.1) is 16.3 Å². The van der Waals surface area contributed by atoms with Crippen LogP contribution in [0, 0.1) is 13.8 Å². The third kappa shape index (κ3) is 1.91. The van der Waals surface area contributed by atoms with Crippen LogP contribution < -0.4 is 11.5 Å². The summed E-state index contributed by atoms with van der Waals surface area (Å²) in [6, 6.07) is 2.03. The van der Waals surface area contributed by atoms with Crippen LogP contribution >= 0.6 is 11.8 Å². The smallest absolute Gasteiger partial charge is 0.0538 e. The van der Waals surface area contributed by atoms with Crippen molar-refractivity contribution in [2.75, 3.05) is 17.2 Å². The molecule has 1 rings (SSSR count). The number of hydrogen-bond acceptors (Lipinski definition) is 3. The van der Waals surface area contributed by atoms with Gasteiger partial charge in [-0.15, -0.1) is 11.8 Å². The first-order chi connectivity index (χ1) is 6.07. The van der Waals surface area contributed by atoms with E-state index in [0.717, 1.165) is 33.2 Å². The lowest BCUT2D eigenvalue weighted by Gasteiger charge is -2.12. The summed E-state index contributed by atoms with van der Waals surface area (Å²) in [6.07, 6.45) is 0. The van der Waals surface area contributed by atoms with Crippen LogP contribution in [0.15, 0.2) is 11.0 Å². The molecule has 0 saturated carbocycles. The van der Waals surface area contributed by atoms with E-state index in [2.05, 4.69) is 6.92 Å². The van der Waals surface area contributed by atoms with Gasteiger partial charge in [-0.3, -0.25) is 0 Å². The maximum Gasteiger partial charge on any atom is 0.0538 e. The second kappa shape index (κ2) is 3.92. The zero-order chi connectivity index (χ0) is 10.0. The fraction of sp³-hybridized carbons (Fsp3) is 0.400. The zero-order valence-corrected chi connectivity index (χ0v) is 9.16. The van der Waals surface area contributed by atoms with E-state index in [0.29, 0.717) is 0 Å². The van der Waals surface area contributed by atoms with Gasteiger partial charge in [0.15, 0.2) is 0 Å². The van der Waals surface area contributed by atoms with Gasteiger partial charge in [0.25, 0.3) is 0 Å². The lowest BCUT2D eigenvalue weighted by atomic mass is 10.1. The molecule has 4 N–H and O–H groups in total. The standard InChI is InChI=1S/C10H16N2S/c1-4-13-10-8(11)6(2)5-7(3)9(10)12/h5H,4,11-12H2,1-3H3. The predicted octanol–water partition coefficient (Wildman–Crippen LogP) is 2.58. The Morgan fingerprint density at radius 3 is 2.00 bits per heavy atom. The Morgan fingerprint density at radius 2 is 1.62 bits per heavy atom. The summed E-state index contributed by atoms with van der Waals surface area (Å²) in [5, 5.41) is 0. The van der Waals surface area contributed by atoms with Gasteiger partial charge in [-0.2, -0.15) is 0 Å². The van der Waals surface area contributed by atoms with E-state index in [9.17, 15) is 0 Å². The van der Waals surface area contributed by atoms with Crippen molar-refractivity contribution >= 4 is 23.1 Å². The van der Waals surface area contributed by atoms with Gasteiger partial charge in [-0.25, -0.2) is 0 Å². The number of rotatable bonds is 2. The number of nitrogen functional groups attached to an aromatic ring is 2. The second-order valence-corrected chi connectivity index (χ2v) is 4.37. The molecule has 0 atom stereocenters. The van der Waals surface area contributed by atoms with E-state index >= 15 is 0 Å². The minimum Gasteiger partial charge on any atom is -0.398 e. The first-order valence-corrected chi connectivity index (χ1v) is 5.34. The predicted molar refractivity (Wildman–Crippen MR) is 61.1 cm³/mol. The number of nitrogens with two attached hydrogens (primary N) is 2. The molecule has 0 radical (unpaired) electrons. The molecule has 1 aromatic rings. The Bertz CT molecular complexity index is 295. The third-order valence-corrected chi connectivity index (χ3v) is 3.08. The number of aryl methyl sites for hydroxylation is 2. The molecule has 72 valence electrons. The molecular formula is C10H16N2S. The van der Waals surface area contributed by atoms with Gasteiger partial charge in [0, 0.05) is 0 Å². The molecule has 0 unspecified atom stereocenters. The molecule has 0 spiro atoms. The Hall–Kier alpha value is -0.830. The lowest BCUT2D eigenvalue weighted by Crippen LogP contribution is -2.00. The number of anilines is 2. The maximum atomic E-state index is 5.94. The average Bonchev–Trinajstić information content (AvgIpc) is 2.09. The summed E-state index contributed by atoms with van der Waals surface area (Å²) in [7, 11) is 0. The quantitative estimate of drug-likeness (QED) is 0.564. The van der Waals surface area contributed by atoms with Crippen LogP contribution in [0.3, 0.4) is 0 Å². The highest BCUT2D eigenvalue weighted by Crippen LogP contribution is 2.35. The van der Waals surface area contributed by atoms with Crippen LogP contribution in [-0.4, -0.2) is 5.75 Å². The van der Waals surface area contributed by atoms with E-state index in [1.165, 1.54) is 0 Å². The molecule has 13 heavy (non-hydrogen) atoms. The summed E-state index contributed by atoms with van der Waals surface area (Å²) in [5.41, 5.74) is 15.8. The van der Waals surface area contributed by atoms with E-state index in [1.54, 1.807) is 11.8 Å². The second-order valence-electron chi connectivity index (χ2n) is 3.10. The van der Waals surface area contributed by atoms with Gasteiger partial charge in [-0.1, -0.05) is 13.0 Å². The molecule has 0 amide bonds. The summed E-state index contributed by atoms with van der Waals surface area (Å²) in [6.45, 7) is 6.13. The highest BCUT2D eigenvalue weighted by atomic mass is 32.2. The molecule has 0 aromatic heterocycles. The van der Waals surface area contributed by atoms with Gasteiger partial charge < -0.3 is 11.5 Å². The minimum absolute atomic E-state index is 0.829. The topological polar surface area (TPSA) is 52.0 Å². The van der Waals surface area contributed by atoms with E-state index in [-0.39, 0.29) is 0 Å². The Morgan fingerprint density at radius 1 is 1.15 bits per heavy atom. The molecule has 0 aliphatic rings. The van der Waals surface area contributed by atoms with Gasteiger partial charge >= 0.3 is 0 Å².